The third-order valence-corrected chi connectivity index (χ3v) is 4.87. The van der Waals surface area contributed by atoms with Crippen LogP contribution in [-0.4, -0.2) is 29.8 Å². The Morgan fingerprint density at radius 3 is 2.35 bits per heavy atom. The molecule has 0 fully saturated rings. The molecule has 1 N–H and O–H groups in total. The molecule has 160 valence electrons. The van der Waals surface area contributed by atoms with E-state index in [-0.39, 0.29) is 18.7 Å². The fraction of sp³-hybridized carbons (Fsp3) is 0.130. The Balaban J connectivity index is 1.77. The fourth-order valence-electron chi connectivity index (χ4n) is 2.86. The number of amides is 2. The number of ether oxygens (including phenoxy) is 1. The second kappa shape index (κ2) is 10.2. The summed E-state index contributed by atoms with van der Waals surface area (Å²) in [5, 5.41) is 2.19. The minimum Gasteiger partial charge on any atom is -0.456 e. The topological polar surface area (TPSA) is 58.6 Å². The Morgan fingerprint density at radius 1 is 1.00 bits per heavy atom. The first-order valence-corrected chi connectivity index (χ1v) is 10.2. The van der Waals surface area contributed by atoms with Crippen molar-refractivity contribution in [2.75, 3.05) is 18.4 Å². The van der Waals surface area contributed by atoms with Crippen LogP contribution in [0.3, 0.4) is 0 Å². The Labute approximate surface area is 186 Å². The molecule has 0 atom stereocenters. The maximum atomic E-state index is 13.8. The largest absolute Gasteiger partial charge is 0.456 e. The van der Waals surface area contributed by atoms with Crippen LogP contribution in [0.4, 0.5) is 14.5 Å². The van der Waals surface area contributed by atoms with E-state index >= 15 is 0 Å². The van der Waals surface area contributed by atoms with Gasteiger partial charge in [-0.05, 0) is 49.4 Å². The minimum absolute atomic E-state index is 0.206. The van der Waals surface area contributed by atoms with Gasteiger partial charge in [0.1, 0.15) is 35.4 Å². The molecule has 0 aliphatic heterocycles. The van der Waals surface area contributed by atoms with Crippen LogP contribution in [0, 0.1) is 11.6 Å². The summed E-state index contributed by atoms with van der Waals surface area (Å²) in [6, 6.07) is 17.1. The Bertz CT molecular complexity index is 1090. The van der Waals surface area contributed by atoms with Crippen LogP contribution in [0.5, 0.6) is 11.5 Å². The van der Waals surface area contributed by atoms with Crippen molar-refractivity contribution >= 4 is 33.4 Å². The molecular weight excluding hydrogens is 470 g/mol. The van der Waals surface area contributed by atoms with Gasteiger partial charge in [-0.3, -0.25) is 9.59 Å². The van der Waals surface area contributed by atoms with Crippen LogP contribution in [0.25, 0.3) is 0 Å². The van der Waals surface area contributed by atoms with E-state index in [9.17, 15) is 18.4 Å². The molecule has 0 aromatic heterocycles. The molecule has 2 amide bonds. The number of nitrogens with one attached hydrogen (secondary N) is 1. The molecular formula is C23H19BrF2N2O3. The fourth-order valence-corrected chi connectivity index (χ4v) is 3.24. The SMILES string of the molecule is CCN(CC(=O)Nc1c(F)cccc1F)C(=O)c1ccccc1Oc1cccc(Br)c1. The molecule has 0 saturated carbocycles. The zero-order valence-corrected chi connectivity index (χ0v) is 18.2. The standard InChI is InChI=1S/C23H19BrF2N2O3/c1-2-28(14-21(29)27-22-18(25)10-6-11-19(22)26)23(30)17-9-3-4-12-20(17)31-16-8-5-7-15(24)13-16/h3-13H,2,14H2,1H3,(H,27,29). The summed E-state index contributed by atoms with van der Waals surface area (Å²) in [4.78, 5) is 26.7. The second-order valence-corrected chi connectivity index (χ2v) is 7.44. The van der Waals surface area contributed by atoms with Crippen molar-refractivity contribution in [2.45, 2.75) is 6.92 Å². The van der Waals surface area contributed by atoms with E-state index in [0.717, 1.165) is 16.6 Å². The molecule has 3 aromatic carbocycles. The summed E-state index contributed by atoms with van der Waals surface area (Å²) >= 11 is 3.37. The lowest BCUT2D eigenvalue weighted by atomic mass is 10.1. The molecule has 0 aliphatic carbocycles. The normalized spacial score (nSPS) is 10.5. The zero-order valence-electron chi connectivity index (χ0n) is 16.6. The molecule has 8 heteroatoms. The molecule has 3 aromatic rings. The van der Waals surface area contributed by atoms with Gasteiger partial charge in [-0.15, -0.1) is 0 Å². The van der Waals surface area contributed by atoms with Crippen LogP contribution >= 0.6 is 15.9 Å². The van der Waals surface area contributed by atoms with Gasteiger partial charge in [-0.25, -0.2) is 8.78 Å². The van der Waals surface area contributed by atoms with Gasteiger partial charge in [-0.2, -0.15) is 0 Å². The van der Waals surface area contributed by atoms with Gasteiger partial charge in [0.2, 0.25) is 5.91 Å². The summed E-state index contributed by atoms with van der Waals surface area (Å²) < 4.78 is 34.3. The first-order valence-electron chi connectivity index (χ1n) is 9.44. The number of rotatable bonds is 7. The molecule has 0 saturated heterocycles. The lowest BCUT2D eigenvalue weighted by Gasteiger charge is -2.22. The van der Waals surface area contributed by atoms with Crippen molar-refractivity contribution in [2.24, 2.45) is 0 Å². The van der Waals surface area contributed by atoms with Gasteiger partial charge in [0.05, 0.1) is 5.56 Å². The van der Waals surface area contributed by atoms with Crippen molar-refractivity contribution in [1.82, 2.24) is 4.90 Å². The zero-order chi connectivity index (χ0) is 22.4. The molecule has 0 bridgehead atoms. The Kier molecular flexibility index (Phi) is 7.36. The van der Waals surface area contributed by atoms with Crippen LogP contribution in [0.2, 0.25) is 0 Å². The van der Waals surface area contributed by atoms with E-state index in [2.05, 4.69) is 21.2 Å². The molecule has 0 unspecified atom stereocenters. The number of anilines is 1. The lowest BCUT2D eigenvalue weighted by molar-refractivity contribution is -0.116. The number of halogens is 3. The minimum atomic E-state index is -0.893. The number of carbonyl (C=O) groups is 2. The summed E-state index contributed by atoms with van der Waals surface area (Å²) in [7, 11) is 0. The van der Waals surface area contributed by atoms with Crippen LogP contribution in [-0.2, 0) is 4.79 Å². The quantitative estimate of drug-likeness (QED) is 0.469. The number of hydrogen-bond donors (Lipinski definition) is 1. The monoisotopic (exact) mass is 488 g/mol. The number of para-hydroxylation sites is 2. The van der Waals surface area contributed by atoms with Gasteiger partial charge >= 0.3 is 0 Å². The van der Waals surface area contributed by atoms with Crippen LogP contribution in [0.1, 0.15) is 17.3 Å². The number of nitrogens with zero attached hydrogens (tertiary/aromatic N) is 1. The van der Waals surface area contributed by atoms with E-state index in [1.165, 1.54) is 11.0 Å². The number of benzene rings is 3. The average molecular weight is 489 g/mol. The smallest absolute Gasteiger partial charge is 0.258 e. The molecule has 3 rings (SSSR count). The predicted octanol–water partition coefficient (Wildman–Crippen LogP) is 5.62. The summed E-state index contributed by atoms with van der Waals surface area (Å²) in [6.07, 6.45) is 0. The third-order valence-electron chi connectivity index (χ3n) is 4.37. The molecule has 0 heterocycles. The first-order chi connectivity index (χ1) is 14.9. The molecule has 5 nitrogen and oxygen atoms in total. The summed E-state index contributed by atoms with van der Waals surface area (Å²) in [5.41, 5.74) is -0.288. The van der Waals surface area contributed by atoms with Crippen molar-refractivity contribution in [3.63, 3.8) is 0 Å². The maximum absolute atomic E-state index is 13.8. The number of carbonyl (C=O) groups excluding carboxylic acids is 2. The highest BCUT2D eigenvalue weighted by Gasteiger charge is 2.22. The van der Waals surface area contributed by atoms with Crippen LogP contribution in [0.15, 0.2) is 71.2 Å². The maximum Gasteiger partial charge on any atom is 0.258 e. The number of hydrogen-bond acceptors (Lipinski definition) is 3. The molecule has 0 spiro atoms. The summed E-state index contributed by atoms with van der Waals surface area (Å²) in [5.74, 6) is -2.09. The van der Waals surface area contributed by atoms with Gasteiger partial charge in [0.25, 0.3) is 5.91 Å². The van der Waals surface area contributed by atoms with Gasteiger partial charge < -0.3 is 15.0 Å². The van der Waals surface area contributed by atoms with E-state index in [0.29, 0.717) is 11.5 Å². The third kappa shape index (κ3) is 5.67. The molecule has 0 aliphatic rings. The van der Waals surface area contributed by atoms with Gasteiger partial charge in [0.15, 0.2) is 0 Å². The second-order valence-electron chi connectivity index (χ2n) is 6.52. The van der Waals surface area contributed by atoms with Crippen molar-refractivity contribution < 1.29 is 23.1 Å². The Hall–Kier alpha value is -3.26. The highest BCUT2D eigenvalue weighted by molar-refractivity contribution is 9.10. The van der Waals surface area contributed by atoms with E-state index in [1.54, 1.807) is 49.4 Å². The molecule has 0 radical (unpaired) electrons. The summed E-state index contributed by atoms with van der Waals surface area (Å²) in [6.45, 7) is 1.53. The predicted molar refractivity (Wildman–Crippen MR) is 117 cm³/mol. The number of likely N-dealkylation sites (N-methyl/N-ethyl adjacent to an activating group) is 1. The highest BCUT2D eigenvalue weighted by Crippen LogP contribution is 2.28. The Morgan fingerprint density at radius 2 is 1.68 bits per heavy atom. The van der Waals surface area contributed by atoms with Crippen molar-refractivity contribution in [3.05, 3.63) is 88.4 Å². The van der Waals surface area contributed by atoms with Gasteiger partial charge in [0, 0.05) is 11.0 Å². The van der Waals surface area contributed by atoms with E-state index < -0.39 is 29.1 Å². The van der Waals surface area contributed by atoms with Gasteiger partial charge in [-0.1, -0.05) is 40.2 Å². The average Bonchev–Trinajstić information content (AvgIpc) is 2.75. The van der Waals surface area contributed by atoms with E-state index in [1.807, 2.05) is 6.07 Å². The first kappa shape index (κ1) is 22.4. The lowest BCUT2D eigenvalue weighted by Crippen LogP contribution is -2.38. The van der Waals surface area contributed by atoms with Crippen molar-refractivity contribution in [1.29, 1.82) is 0 Å². The highest BCUT2D eigenvalue weighted by atomic mass is 79.9. The van der Waals surface area contributed by atoms with Crippen LogP contribution < -0.4 is 10.1 Å². The van der Waals surface area contributed by atoms with E-state index in [4.69, 9.17) is 4.74 Å². The van der Waals surface area contributed by atoms with Crippen molar-refractivity contribution in [3.8, 4) is 11.5 Å². The molecule has 31 heavy (non-hydrogen) atoms.